The maximum absolute atomic E-state index is 11.9. The number of carboxylic acid groups (broad SMARTS) is 1. The van der Waals surface area contributed by atoms with E-state index in [9.17, 15) is 14.7 Å². The summed E-state index contributed by atoms with van der Waals surface area (Å²) in [4.78, 5) is 26.9. The van der Waals surface area contributed by atoms with Gasteiger partial charge >= 0.3 is 5.97 Å². The minimum absolute atomic E-state index is 0.0853. The highest BCUT2D eigenvalue weighted by molar-refractivity contribution is 5.83. The first kappa shape index (κ1) is 29.7. The van der Waals surface area contributed by atoms with Gasteiger partial charge in [-0.05, 0) is 44.9 Å². The minimum atomic E-state index is -1.07. The fourth-order valence-electron chi connectivity index (χ4n) is 3.30. The Kier molecular flexibility index (Phi) is 20.3. The lowest BCUT2D eigenvalue weighted by molar-refractivity contribution is -0.142. The van der Waals surface area contributed by atoms with Crippen molar-refractivity contribution in [3.8, 4) is 0 Å². The summed E-state index contributed by atoms with van der Waals surface area (Å²) in [6.45, 7) is 2.40. The molecule has 0 aromatic carbocycles. The van der Waals surface area contributed by atoms with E-state index in [4.69, 9.17) is 11.5 Å². The molecule has 7 nitrogen and oxygen atoms in total. The molecule has 0 unspecified atom stereocenters. The van der Waals surface area contributed by atoms with Gasteiger partial charge in [0.1, 0.15) is 6.04 Å². The molecule has 184 valence electrons. The van der Waals surface area contributed by atoms with E-state index in [0.717, 1.165) is 32.1 Å². The molecule has 32 heavy (non-hydrogen) atoms. The lowest BCUT2D eigenvalue weighted by Gasteiger charge is -2.13. The number of nitrogens with one attached hydrogen (secondary N) is 1. The van der Waals surface area contributed by atoms with Crippen molar-refractivity contribution >= 4 is 17.8 Å². The second kappa shape index (κ2) is 21.9. The molecule has 0 bridgehead atoms. The molecule has 0 saturated carbocycles. The molecular formula is C25H46N4O3. The van der Waals surface area contributed by atoms with Gasteiger partial charge in [0.2, 0.25) is 5.91 Å². The van der Waals surface area contributed by atoms with Crippen molar-refractivity contribution in [2.45, 2.75) is 109 Å². The van der Waals surface area contributed by atoms with Crippen LogP contribution < -0.4 is 16.8 Å². The van der Waals surface area contributed by atoms with Crippen LogP contribution in [0.25, 0.3) is 0 Å². The number of carbonyl (C=O) groups is 2. The molecule has 0 radical (unpaired) electrons. The smallest absolute Gasteiger partial charge is 0.326 e. The van der Waals surface area contributed by atoms with E-state index in [0.29, 0.717) is 6.42 Å². The SMILES string of the molecule is CCCCC/C=C\C/C=C\CCCCCCCCCC(=O)N[C@@H](CCN=C(N)N)C(=O)O. The van der Waals surface area contributed by atoms with Gasteiger partial charge in [0.15, 0.2) is 5.96 Å². The molecule has 1 amide bonds. The Balaban J connectivity index is 3.58. The molecule has 6 N–H and O–H groups in total. The van der Waals surface area contributed by atoms with Crippen LogP contribution in [-0.4, -0.2) is 35.5 Å². The lowest BCUT2D eigenvalue weighted by atomic mass is 10.1. The molecule has 0 aliphatic heterocycles. The number of aliphatic imine (C=N–C) groups is 1. The number of nitrogens with zero attached hydrogens (tertiary/aromatic N) is 1. The first-order chi connectivity index (χ1) is 15.5. The zero-order chi connectivity index (χ0) is 23.9. The molecule has 0 saturated heterocycles. The topological polar surface area (TPSA) is 131 Å². The van der Waals surface area contributed by atoms with Gasteiger partial charge in [0.05, 0.1) is 0 Å². The molecule has 0 aliphatic rings. The summed E-state index contributed by atoms with van der Waals surface area (Å²) in [6, 6.07) is -0.957. The standard InChI is InChI=1S/C25H46N4O3/c1-2-3-4-5-6-7-8-9-10-11-12-13-14-15-16-17-18-19-23(30)29-22(24(31)32)20-21-28-25(26)27/h6-7,9-10,22H,2-5,8,11-21H2,1H3,(H,29,30)(H,31,32)(H4,26,27,28)/b7-6-,10-9-/t22-/m0/s1. The maximum Gasteiger partial charge on any atom is 0.326 e. The van der Waals surface area contributed by atoms with Crippen LogP contribution in [0.15, 0.2) is 29.3 Å². The van der Waals surface area contributed by atoms with Gasteiger partial charge in [-0.15, -0.1) is 0 Å². The normalized spacial score (nSPS) is 12.3. The fraction of sp³-hybridized carbons (Fsp3) is 0.720. The largest absolute Gasteiger partial charge is 0.480 e. The molecule has 0 aromatic rings. The first-order valence-corrected chi connectivity index (χ1v) is 12.3. The Morgan fingerprint density at radius 3 is 2.00 bits per heavy atom. The second-order valence-electron chi connectivity index (χ2n) is 8.24. The summed E-state index contributed by atoms with van der Waals surface area (Å²) in [6.07, 6.45) is 24.7. The third kappa shape index (κ3) is 20.9. The van der Waals surface area contributed by atoms with E-state index in [1.165, 1.54) is 51.4 Å². The van der Waals surface area contributed by atoms with Crippen molar-refractivity contribution < 1.29 is 14.7 Å². The molecule has 0 aliphatic carbocycles. The third-order valence-corrected chi connectivity index (χ3v) is 5.20. The first-order valence-electron chi connectivity index (χ1n) is 12.3. The second-order valence-corrected chi connectivity index (χ2v) is 8.24. The van der Waals surface area contributed by atoms with Gasteiger partial charge in [-0.1, -0.05) is 76.2 Å². The van der Waals surface area contributed by atoms with Gasteiger partial charge in [-0.2, -0.15) is 0 Å². The Bertz CT molecular complexity index is 570. The van der Waals surface area contributed by atoms with Crippen LogP contribution >= 0.6 is 0 Å². The Morgan fingerprint density at radius 1 is 0.875 bits per heavy atom. The van der Waals surface area contributed by atoms with E-state index < -0.39 is 12.0 Å². The van der Waals surface area contributed by atoms with Crippen LogP contribution in [-0.2, 0) is 9.59 Å². The highest BCUT2D eigenvalue weighted by Gasteiger charge is 2.19. The van der Waals surface area contributed by atoms with E-state index >= 15 is 0 Å². The molecule has 7 heteroatoms. The highest BCUT2D eigenvalue weighted by atomic mass is 16.4. The van der Waals surface area contributed by atoms with Crippen LogP contribution in [0.4, 0.5) is 0 Å². The van der Waals surface area contributed by atoms with Crippen molar-refractivity contribution in [1.29, 1.82) is 0 Å². The van der Waals surface area contributed by atoms with Gasteiger partial charge in [-0.3, -0.25) is 9.79 Å². The van der Waals surface area contributed by atoms with Gasteiger partial charge in [0, 0.05) is 13.0 Å². The van der Waals surface area contributed by atoms with Gasteiger partial charge in [-0.25, -0.2) is 4.79 Å². The minimum Gasteiger partial charge on any atom is -0.480 e. The van der Waals surface area contributed by atoms with Gasteiger partial charge in [0.25, 0.3) is 0 Å². The van der Waals surface area contributed by atoms with Crippen LogP contribution in [0.2, 0.25) is 0 Å². The average molecular weight is 451 g/mol. The average Bonchev–Trinajstić information content (AvgIpc) is 2.74. The molecule has 1 atom stereocenters. The van der Waals surface area contributed by atoms with Crippen molar-refractivity contribution in [3.63, 3.8) is 0 Å². The molecule has 0 rings (SSSR count). The number of guanidine groups is 1. The summed E-state index contributed by atoms with van der Waals surface area (Å²) >= 11 is 0. The Labute approximate surface area is 194 Å². The molecule has 0 fully saturated rings. The maximum atomic E-state index is 11.9. The predicted molar refractivity (Wildman–Crippen MR) is 133 cm³/mol. The number of hydrogen-bond donors (Lipinski definition) is 4. The van der Waals surface area contributed by atoms with Crippen molar-refractivity contribution in [3.05, 3.63) is 24.3 Å². The number of nitrogens with two attached hydrogens (primary N) is 2. The number of allylic oxidation sites excluding steroid dienone is 4. The Hall–Kier alpha value is -2.31. The summed E-state index contributed by atoms with van der Waals surface area (Å²) in [5.74, 6) is -1.39. The zero-order valence-electron chi connectivity index (χ0n) is 20.1. The van der Waals surface area contributed by atoms with Crippen LogP contribution in [0, 0.1) is 0 Å². The number of carbonyl (C=O) groups excluding carboxylic acids is 1. The third-order valence-electron chi connectivity index (χ3n) is 5.20. The number of rotatable bonds is 21. The van der Waals surface area contributed by atoms with Crippen LogP contribution in [0.3, 0.4) is 0 Å². The van der Waals surface area contributed by atoms with Crippen molar-refractivity contribution in [2.75, 3.05) is 6.54 Å². The number of aliphatic carboxylic acids is 1. The predicted octanol–water partition coefficient (Wildman–Crippen LogP) is 4.81. The number of hydrogen-bond acceptors (Lipinski definition) is 3. The summed E-state index contributed by atoms with van der Waals surface area (Å²) < 4.78 is 0. The van der Waals surface area contributed by atoms with Crippen molar-refractivity contribution in [2.24, 2.45) is 16.5 Å². The molecule has 0 heterocycles. The van der Waals surface area contributed by atoms with Crippen LogP contribution in [0.1, 0.15) is 103 Å². The summed E-state index contributed by atoms with van der Waals surface area (Å²) in [7, 11) is 0. The molecular weight excluding hydrogens is 404 g/mol. The quantitative estimate of drug-likeness (QED) is 0.0862. The van der Waals surface area contributed by atoms with Crippen molar-refractivity contribution in [1.82, 2.24) is 5.32 Å². The number of unbranched alkanes of at least 4 members (excludes halogenated alkanes) is 10. The summed E-state index contributed by atoms with van der Waals surface area (Å²) in [5, 5.41) is 11.7. The Morgan fingerprint density at radius 2 is 1.44 bits per heavy atom. The lowest BCUT2D eigenvalue weighted by Crippen LogP contribution is -2.41. The number of carboxylic acids is 1. The highest BCUT2D eigenvalue weighted by Crippen LogP contribution is 2.10. The van der Waals surface area contributed by atoms with E-state index in [2.05, 4.69) is 41.5 Å². The van der Waals surface area contributed by atoms with E-state index in [1.807, 2.05) is 0 Å². The zero-order valence-corrected chi connectivity index (χ0v) is 20.1. The summed E-state index contributed by atoms with van der Waals surface area (Å²) in [5.41, 5.74) is 10.4. The number of amides is 1. The van der Waals surface area contributed by atoms with E-state index in [-0.39, 0.29) is 24.8 Å². The molecule has 0 aromatic heterocycles. The monoisotopic (exact) mass is 450 g/mol. The van der Waals surface area contributed by atoms with E-state index in [1.54, 1.807) is 0 Å². The molecule has 0 spiro atoms. The fourth-order valence-corrected chi connectivity index (χ4v) is 3.30. The van der Waals surface area contributed by atoms with Gasteiger partial charge < -0.3 is 21.9 Å². The van der Waals surface area contributed by atoms with Crippen LogP contribution in [0.5, 0.6) is 0 Å².